The Balaban J connectivity index is 2.75. The van der Waals surface area contributed by atoms with Crippen LogP contribution in [0.2, 0.25) is 0 Å². The Kier molecular flexibility index (Phi) is 1.58. The Morgan fingerprint density at radius 3 is 2.45 bits per heavy atom. The summed E-state index contributed by atoms with van der Waals surface area (Å²) in [5.41, 5.74) is -1.12. The average Bonchev–Trinajstić information content (AvgIpc) is 1.82. The van der Waals surface area contributed by atoms with Crippen LogP contribution in [0.1, 0.15) is 19.8 Å². The summed E-state index contributed by atoms with van der Waals surface area (Å²) in [7, 11) is 0. The standard InChI is InChI=1S/C6H9NO4/c1-6(5(8)9)3-2-4(6)7(10)11/h4H,2-3H2,1H3,(H,8,9). The molecule has 5 heteroatoms. The molecular formula is C6H9NO4. The van der Waals surface area contributed by atoms with E-state index >= 15 is 0 Å². The molecule has 0 amide bonds. The molecule has 1 fully saturated rings. The Morgan fingerprint density at radius 1 is 1.82 bits per heavy atom. The quantitative estimate of drug-likeness (QED) is 0.470. The topological polar surface area (TPSA) is 80.4 Å². The SMILES string of the molecule is CC1(C(=O)O)CCC1[N+](=O)[O-]. The highest BCUT2D eigenvalue weighted by Gasteiger charge is 2.57. The largest absolute Gasteiger partial charge is 0.481 e. The van der Waals surface area contributed by atoms with E-state index in [0.29, 0.717) is 12.8 Å². The minimum atomic E-state index is -1.12. The van der Waals surface area contributed by atoms with E-state index < -0.39 is 22.3 Å². The molecule has 0 heterocycles. The highest BCUT2D eigenvalue weighted by atomic mass is 16.6. The lowest BCUT2D eigenvalue weighted by molar-refractivity contribution is -0.555. The lowest BCUT2D eigenvalue weighted by Crippen LogP contribution is -2.52. The maximum absolute atomic E-state index is 10.5. The maximum atomic E-state index is 10.5. The third-order valence-electron chi connectivity index (χ3n) is 2.42. The van der Waals surface area contributed by atoms with Gasteiger partial charge in [0, 0.05) is 11.3 Å². The number of hydrogen-bond acceptors (Lipinski definition) is 3. The molecule has 0 aromatic carbocycles. The van der Waals surface area contributed by atoms with E-state index in [-0.39, 0.29) is 0 Å². The van der Waals surface area contributed by atoms with Crippen LogP contribution in [0.3, 0.4) is 0 Å². The van der Waals surface area contributed by atoms with E-state index in [0.717, 1.165) is 0 Å². The summed E-state index contributed by atoms with van der Waals surface area (Å²) in [6, 6.07) is -0.889. The Hall–Kier alpha value is -1.13. The van der Waals surface area contributed by atoms with Crippen molar-refractivity contribution in [3.63, 3.8) is 0 Å². The molecule has 1 saturated carbocycles. The summed E-state index contributed by atoms with van der Waals surface area (Å²) in [6.07, 6.45) is 0.795. The van der Waals surface area contributed by atoms with Crippen molar-refractivity contribution < 1.29 is 14.8 Å². The monoisotopic (exact) mass is 159 g/mol. The van der Waals surface area contributed by atoms with Crippen LogP contribution >= 0.6 is 0 Å². The molecule has 62 valence electrons. The lowest BCUT2D eigenvalue weighted by Gasteiger charge is -2.36. The highest BCUT2D eigenvalue weighted by molar-refractivity contribution is 5.76. The van der Waals surface area contributed by atoms with E-state index in [1.54, 1.807) is 0 Å². The zero-order chi connectivity index (χ0) is 8.65. The van der Waals surface area contributed by atoms with Gasteiger partial charge in [0.25, 0.3) is 0 Å². The number of rotatable bonds is 2. The van der Waals surface area contributed by atoms with Crippen LogP contribution < -0.4 is 0 Å². The van der Waals surface area contributed by atoms with Crippen LogP contribution in [0.15, 0.2) is 0 Å². The normalized spacial score (nSPS) is 35.9. The van der Waals surface area contributed by atoms with Gasteiger partial charge < -0.3 is 5.11 Å². The van der Waals surface area contributed by atoms with Crippen LogP contribution in [0.25, 0.3) is 0 Å². The summed E-state index contributed by atoms with van der Waals surface area (Å²) < 4.78 is 0. The van der Waals surface area contributed by atoms with Crippen LogP contribution in [-0.2, 0) is 4.79 Å². The van der Waals surface area contributed by atoms with Crippen LogP contribution in [-0.4, -0.2) is 22.0 Å². The molecule has 0 aromatic heterocycles. The second kappa shape index (κ2) is 2.18. The zero-order valence-electron chi connectivity index (χ0n) is 6.11. The van der Waals surface area contributed by atoms with Gasteiger partial charge in [0.15, 0.2) is 0 Å². The Labute approximate surface area is 63.2 Å². The number of carbonyl (C=O) groups is 1. The van der Waals surface area contributed by atoms with Gasteiger partial charge in [-0.1, -0.05) is 0 Å². The van der Waals surface area contributed by atoms with E-state index in [1.165, 1.54) is 6.92 Å². The minimum Gasteiger partial charge on any atom is -0.481 e. The van der Waals surface area contributed by atoms with Crippen molar-refractivity contribution in [3.05, 3.63) is 10.1 Å². The van der Waals surface area contributed by atoms with Crippen molar-refractivity contribution in [3.8, 4) is 0 Å². The molecule has 2 unspecified atom stereocenters. The fraction of sp³-hybridized carbons (Fsp3) is 0.833. The van der Waals surface area contributed by atoms with Gasteiger partial charge in [-0.15, -0.1) is 0 Å². The molecule has 0 aromatic rings. The molecule has 1 rings (SSSR count). The fourth-order valence-electron chi connectivity index (χ4n) is 1.29. The van der Waals surface area contributed by atoms with Gasteiger partial charge >= 0.3 is 5.97 Å². The number of nitro groups is 1. The maximum Gasteiger partial charge on any atom is 0.316 e. The summed E-state index contributed by atoms with van der Waals surface area (Å²) in [5, 5.41) is 18.9. The van der Waals surface area contributed by atoms with Crippen molar-refractivity contribution in [2.75, 3.05) is 0 Å². The first kappa shape index (κ1) is 7.97. The molecule has 5 nitrogen and oxygen atoms in total. The molecule has 0 bridgehead atoms. The van der Waals surface area contributed by atoms with E-state index in [2.05, 4.69) is 0 Å². The molecule has 1 N–H and O–H groups in total. The predicted octanol–water partition coefficient (Wildman–Crippen LogP) is 0.516. The third kappa shape index (κ3) is 0.961. The summed E-state index contributed by atoms with van der Waals surface area (Å²) in [5.74, 6) is -1.06. The third-order valence-corrected chi connectivity index (χ3v) is 2.42. The molecule has 0 saturated heterocycles. The first-order chi connectivity index (χ1) is 4.98. The Bertz CT molecular complexity index is 215. The molecular weight excluding hydrogens is 150 g/mol. The van der Waals surface area contributed by atoms with Gasteiger partial charge in [-0.25, -0.2) is 0 Å². The molecule has 11 heavy (non-hydrogen) atoms. The molecule has 0 radical (unpaired) electrons. The van der Waals surface area contributed by atoms with Gasteiger partial charge in [-0.05, 0) is 13.3 Å². The van der Waals surface area contributed by atoms with Crippen molar-refractivity contribution >= 4 is 5.97 Å². The van der Waals surface area contributed by atoms with Gasteiger partial charge in [0.05, 0.1) is 0 Å². The van der Waals surface area contributed by atoms with Gasteiger partial charge in [0.1, 0.15) is 5.41 Å². The van der Waals surface area contributed by atoms with Gasteiger partial charge in [-0.2, -0.15) is 0 Å². The lowest BCUT2D eigenvalue weighted by atomic mass is 9.66. The van der Waals surface area contributed by atoms with E-state index in [4.69, 9.17) is 5.11 Å². The molecule has 1 aliphatic rings. The second-order valence-electron chi connectivity index (χ2n) is 3.06. The van der Waals surface area contributed by atoms with Crippen LogP contribution in [0.5, 0.6) is 0 Å². The highest BCUT2D eigenvalue weighted by Crippen LogP contribution is 2.42. The molecule has 0 aliphatic heterocycles. The van der Waals surface area contributed by atoms with Crippen LogP contribution in [0, 0.1) is 15.5 Å². The van der Waals surface area contributed by atoms with E-state index in [1.807, 2.05) is 0 Å². The van der Waals surface area contributed by atoms with Gasteiger partial charge in [-0.3, -0.25) is 14.9 Å². The fourth-order valence-corrected chi connectivity index (χ4v) is 1.29. The van der Waals surface area contributed by atoms with Crippen molar-refractivity contribution in [1.82, 2.24) is 0 Å². The number of aliphatic carboxylic acids is 1. The Morgan fingerprint density at radius 2 is 2.36 bits per heavy atom. The van der Waals surface area contributed by atoms with Crippen LogP contribution in [0.4, 0.5) is 0 Å². The second-order valence-corrected chi connectivity index (χ2v) is 3.06. The minimum absolute atomic E-state index is 0.385. The van der Waals surface area contributed by atoms with Crippen molar-refractivity contribution in [2.45, 2.75) is 25.8 Å². The average molecular weight is 159 g/mol. The smallest absolute Gasteiger partial charge is 0.316 e. The number of carboxylic acid groups (broad SMARTS) is 1. The predicted molar refractivity (Wildman–Crippen MR) is 35.8 cm³/mol. The number of carboxylic acids is 1. The molecule has 1 aliphatic carbocycles. The zero-order valence-corrected chi connectivity index (χ0v) is 6.11. The molecule has 0 spiro atoms. The van der Waals surface area contributed by atoms with E-state index in [9.17, 15) is 14.9 Å². The van der Waals surface area contributed by atoms with Crippen molar-refractivity contribution in [2.24, 2.45) is 5.41 Å². The summed E-state index contributed by atoms with van der Waals surface area (Å²) in [4.78, 5) is 20.3. The van der Waals surface area contributed by atoms with Crippen molar-refractivity contribution in [1.29, 1.82) is 0 Å². The number of nitrogens with zero attached hydrogens (tertiary/aromatic N) is 1. The first-order valence-electron chi connectivity index (χ1n) is 3.35. The first-order valence-corrected chi connectivity index (χ1v) is 3.35. The summed E-state index contributed by atoms with van der Waals surface area (Å²) >= 11 is 0. The number of hydrogen-bond donors (Lipinski definition) is 1. The molecule has 2 atom stereocenters. The van der Waals surface area contributed by atoms with Gasteiger partial charge in [0.2, 0.25) is 6.04 Å². The summed E-state index contributed by atoms with van der Waals surface area (Å²) in [6.45, 7) is 1.42.